The molecule has 35 heavy (non-hydrogen) atoms. The number of carbonyl (C=O) groups is 1. The van der Waals surface area contributed by atoms with Gasteiger partial charge in [0.25, 0.3) is 0 Å². The molecule has 0 saturated carbocycles. The van der Waals surface area contributed by atoms with Crippen LogP contribution in [0.4, 0.5) is 5.82 Å². The predicted molar refractivity (Wildman–Crippen MR) is 134 cm³/mol. The van der Waals surface area contributed by atoms with E-state index in [2.05, 4.69) is 17.1 Å². The van der Waals surface area contributed by atoms with Crippen molar-refractivity contribution in [1.29, 1.82) is 10.5 Å². The van der Waals surface area contributed by atoms with Crippen molar-refractivity contribution < 1.29 is 14.3 Å². The lowest BCUT2D eigenvalue weighted by molar-refractivity contribution is 0.0145. The van der Waals surface area contributed by atoms with Crippen LogP contribution >= 0.6 is 23.1 Å². The fourth-order valence-electron chi connectivity index (χ4n) is 3.83. The Morgan fingerprint density at radius 3 is 2.66 bits per heavy atom. The van der Waals surface area contributed by atoms with Crippen molar-refractivity contribution in [3.8, 4) is 22.7 Å². The van der Waals surface area contributed by atoms with Crippen LogP contribution in [0, 0.1) is 22.7 Å². The minimum absolute atomic E-state index is 0.110. The third-order valence-electron chi connectivity index (χ3n) is 5.51. The fourth-order valence-corrected chi connectivity index (χ4v) is 5.66. The number of ether oxygens (including phenoxy) is 2. The van der Waals surface area contributed by atoms with Crippen LogP contribution in [0.25, 0.3) is 10.6 Å². The van der Waals surface area contributed by atoms with Crippen LogP contribution in [0.2, 0.25) is 0 Å². The molecule has 1 aliphatic rings. The van der Waals surface area contributed by atoms with Gasteiger partial charge in [0.15, 0.2) is 0 Å². The summed E-state index contributed by atoms with van der Waals surface area (Å²) in [6.07, 6.45) is 2.33. The summed E-state index contributed by atoms with van der Waals surface area (Å²) in [6, 6.07) is 11.5. The van der Waals surface area contributed by atoms with Crippen LogP contribution in [0.15, 0.2) is 34.7 Å². The van der Waals surface area contributed by atoms with Gasteiger partial charge in [0.2, 0.25) is 0 Å². The van der Waals surface area contributed by atoms with Crippen molar-refractivity contribution in [1.82, 2.24) is 9.97 Å². The highest BCUT2D eigenvalue weighted by Crippen LogP contribution is 2.38. The van der Waals surface area contributed by atoms with Crippen molar-refractivity contribution in [3.05, 3.63) is 57.6 Å². The number of nitrogens with zero attached hydrogens (tertiary/aromatic N) is 4. The third-order valence-corrected chi connectivity index (χ3v) is 7.46. The van der Waals surface area contributed by atoms with E-state index >= 15 is 0 Å². The van der Waals surface area contributed by atoms with Gasteiger partial charge in [0, 0.05) is 28.9 Å². The maximum atomic E-state index is 11.9. The lowest BCUT2D eigenvalue weighted by Gasteiger charge is -2.25. The number of esters is 1. The normalized spacial score (nSPS) is 15.2. The summed E-state index contributed by atoms with van der Waals surface area (Å²) in [5, 5.41) is 22.8. The molecule has 0 amide bonds. The molecule has 2 N–H and O–H groups in total. The molecule has 3 aromatic rings. The second-order valence-electron chi connectivity index (χ2n) is 7.78. The van der Waals surface area contributed by atoms with Gasteiger partial charge < -0.3 is 15.2 Å². The van der Waals surface area contributed by atoms with Crippen molar-refractivity contribution in [2.45, 2.75) is 43.1 Å². The van der Waals surface area contributed by atoms with Crippen molar-refractivity contribution in [3.63, 3.8) is 0 Å². The Labute approximate surface area is 211 Å². The summed E-state index contributed by atoms with van der Waals surface area (Å²) >= 11 is 2.85. The van der Waals surface area contributed by atoms with E-state index in [1.54, 1.807) is 19.1 Å². The molecule has 2 aromatic heterocycles. The van der Waals surface area contributed by atoms with Crippen LogP contribution in [-0.2, 0) is 15.2 Å². The monoisotopic (exact) mass is 505 g/mol. The van der Waals surface area contributed by atoms with E-state index in [1.807, 2.05) is 17.5 Å². The van der Waals surface area contributed by atoms with E-state index in [4.69, 9.17) is 20.2 Å². The summed E-state index contributed by atoms with van der Waals surface area (Å²) < 4.78 is 10.9. The number of pyridine rings is 1. The number of hydrogen-bond acceptors (Lipinski definition) is 10. The van der Waals surface area contributed by atoms with Gasteiger partial charge in [-0.05, 0) is 38.3 Å². The van der Waals surface area contributed by atoms with Crippen molar-refractivity contribution >= 4 is 34.9 Å². The Bertz CT molecular complexity index is 1300. The van der Waals surface area contributed by atoms with Gasteiger partial charge >= 0.3 is 5.97 Å². The fraction of sp³-hybridized carbons (Fsp3) is 0.320. The van der Waals surface area contributed by atoms with Gasteiger partial charge in [-0.25, -0.2) is 14.8 Å². The number of nitrogens with two attached hydrogens (primary N) is 1. The largest absolute Gasteiger partial charge is 0.462 e. The molecular weight excluding hydrogens is 482 g/mol. The van der Waals surface area contributed by atoms with E-state index in [0.717, 1.165) is 35.5 Å². The molecule has 0 aliphatic carbocycles. The van der Waals surface area contributed by atoms with Crippen LogP contribution in [-0.4, -0.2) is 29.2 Å². The number of rotatable bonds is 7. The molecule has 0 radical (unpaired) electrons. The zero-order chi connectivity index (χ0) is 24.8. The quantitative estimate of drug-likeness (QED) is 0.338. The van der Waals surface area contributed by atoms with Gasteiger partial charge in [-0.2, -0.15) is 10.5 Å². The zero-order valence-electron chi connectivity index (χ0n) is 19.1. The van der Waals surface area contributed by atoms with E-state index < -0.39 is 0 Å². The average molecular weight is 506 g/mol. The van der Waals surface area contributed by atoms with E-state index in [9.17, 15) is 15.3 Å². The van der Waals surface area contributed by atoms with E-state index in [1.165, 1.54) is 23.1 Å². The van der Waals surface area contributed by atoms with Crippen LogP contribution in [0.5, 0.6) is 0 Å². The summed E-state index contributed by atoms with van der Waals surface area (Å²) in [7, 11) is 0. The average Bonchev–Trinajstić information content (AvgIpc) is 3.37. The number of thiazole rings is 1. The molecule has 1 fully saturated rings. The molecule has 4 rings (SSSR count). The Balaban J connectivity index is 1.54. The van der Waals surface area contributed by atoms with Gasteiger partial charge in [-0.1, -0.05) is 23.9 Å². The second-order valence-corrected chi connectivity index (χ2v) is 9.60. The molecule has 1 aliphatic heterocycles. The second kappa shape index (κ2) is 11.3. The number of hydrogen-bond donors (Lipinski definition) is 1. The SMILES string of the molecule is CCOC(=O)c1ccc(-c2nc(CSc3nc(N)c(C#N)c([C@H]4CCCCO4)c3C#N)cs2)cc1. The standard InChI is InChI=1S/C25H23N5O3S2/c1-2-32-25(31)16-8-6-15(7-9-16)23-29-17(13-34-23)14-35-24-19(12-27)21(18(11-26)22(28)30-24)20-5-3-4-10-33-20/h6-9,13,20H,2-5,10,14H2,1H3,(H2,28,30)/t20-/m1/s1. The van der Waals surface area contributed by atoms with Gasteiger partial charge in [0.1, 0.15) is 33.6 Å². The van der Waals surface area contributed by atoms with Gasteiger partial charge in [-0.15, -0.1) is 11.3 Å². The van der Waals surface area contributed by atoms with Gasteiger partial charge in [-0.3, -0.25) is 0 Å². The minimum atomic E-state index is -0.351. The summed E-state index contributed by atoms with van der Waals surface area (Å²) in [5.74, 6) is 0.240. The molecule has 3 heterocycles. The highest BCUT2D eigenvalue weighted by Gasteiger charge is 2.27. The van der Waals surface area contributed by atoms with Crippen LogP contribution < -0.4 is 5.73 Å². The minimum Gasteiger partial charge on any atom is -0.462 e. The Hall–Kier alpha value is -3.44. The van der Waals surface area contributed by atoms with Gasteiger partial charge in [0.05, 0.1) is 29.5 Å². The summed E-state index contributed by atoms with van der Waals surface area (Å²) in [5.41, 5.74) is 9.44. The van der Waals surface area contributed by atoms with Crippen LogP contribution in [0.3, 0.4) is 0 Å². The third kappa shape index (κ3) is 5.46. The number of thioether (sulfide) groups is 1. The molecular formula is C25H23N5O3S2. The molecule has 1 saturated heterocycles. The Morgan fingerprint density at radius 2 is 2.00 bits per heavy atom. The number of carbonyl (C=O) groups excluding carboxylic acids is 1. The van der Waals surface area contributed by atoms with E-state index in [-0.39, 0.29) is 23.5 Å². The molecule has 0 unspecified atom stereocenters. The molecule has 0 spiro atoms. The summed E-state index contributed by atoms with van der Waals surface area (Å²) in [6.45, 7) is 2.69. The zero-order valence-corrected chi connectivity index (χ0v) is 20.7. The number of nitrogen functional groups attached to an aromatic ring is 1. The number of anilines is 1. The first-order chi connectivity index (χ1) is 17.0. The predicted octanol–water partition coefficient (Wildman–Crippen LogP) is 5.24. The smallest absolute Gasteiger partial charge is 0.338 e. The first-order valence-corrected chi connectivity index (χ1v) is 13.0. The topological polar surface area (TPSA) is 135 Å². The maximum absolute atomic E-state index is 11.9. The number of aromatic nitrogens is 2. The van der Waals surface area contributed by atoms with Crippen molar-refractivity contribution in [2.75, 3.05) is 18.9 Å². The molecule has 1 atom stereocenters. The summed E-state index contributed by atoms with van der Waals surface area (Å²) in [4.78, 5) is 20.9. The molecule has 8 nitrogen and oxygen atoms in total. The maximum Gasteiger partial charge on any atom is 0.338 e. The Kier molecular flexibility index (Phi) is 7.98. The van der Waals surface area contributed by atoms with Crippen molar-refractivity contribution in [2.24, 2.45) is 0 Å². The highest BCUT2D eigenvalue weighted by molar-refractivity contribution is 7.98. The lowest BCUT2D eigenvalue weighted by atomic mass is 9.94. The molecule has 10 heteroatoms. The molecule has 1 aromatic carbocycles. The number of benzene rings is 1. The first kappa shape index (κ1) is 24.7. The molecule has 178 valence electrons. The van der Waals surface area contributed by atoms with Crippen LogP contribution in [0.1, 0.15) is 65.0 Å². The molecule has 0 bridgehead atoms. The first-order valence-electron chi connectivity index (χ1n) is 11.2. The Morgan fingerprint density at radius 1 is 1.23 bits per heavy atom. The highest BCUT2D eigenvalue weighted by atomic mass is 32.2. The lowest BCUT2D eigenvalue weighted by Crippen LogP contribution is -2.16. The number of nitriles is 2. The van der Waals surface area contributed by atoms with E-state index in [0.29, 0.717) is 40.7 Å².